The maximum absolute atomic E-state index is 12.0. The summed E-state index contributed by atoms with van der Waals surface area (Å²) < 4.78 is 0. The van der Waals surface area contributed by atoms with Crippen molar-refractivity contribution in [1.82, 2.24) is 0 Å². The van der Waals surface area contributed by atoms with Crippen LogP contribution in [0.2, 0.25) is 0 Å². The quantitative estimate of drug-likeness (QED) is 0.763. The maximum atomic E-state index is 12.0. The van der Waals surface area contributed by atoms with Gasteiger partial charge in [-0.25, -0.2) is 0 Å². The second kappa shape index (κ2) is 6.52. The van der Waals surface area contributed by atoms with Gasteiger partial charge < -0.3 is 16.2 Å². The van der Waals surface area contributed by atoms with Gasteiger partial charge in [0.25, 0.3) is 0 Å². The maximum Gasteiger partial charge on any atom is 0.303 e. The van der Waals surface area contributed by atoms with Crippen LogP contribution in [0.15, 0.2) is 18.2 Å². The standard InChI is InChI=1S/C15H20N2O3/c16-12(8-9-14(18)19)15(20)17-13-7-3-5-10-4-1-2-6-11(10)13/h3,5,7,12H,1-2,4,6,8-9,16H2,(H,17,20)(H,18,19). The average molecular weight is 276 g/mol. The first-order valence-electron chi connectivity index (χ1n) is 6.97. The Morgan fingerprint density at radius 1 is 1.30 bits per heavy atom. The number of nitrogens with two attached hydrogens (primary N) is 1. The summed E-state index contributed by atoms with van der Waals surface area (Å²) in [6.07, 6.45) is 4.38. The Labute approximate surface area is 118 Å². The molecular weight excluding hydrogens is 256 g/mol. The highest BCUT2D eigenvalue weighted by Crippen LogP contribution is 2.27. The summed E-state index contributed by atoms with van der Waals surface area (Å²) in [6.45, 7) is 0. The van der Waals surface area contributed by atoms with Gasteiger partial charge >= 0.3 is 5.97 Å². The van der Waals surface area contributed by atoms with E-state index in [2.05, 4.69) is 11.4 Å². The minimum Gasteiger partial charge on any atom is -0.481 e. The number of nitrogens with one attached hydrogen (secondary N) is 1. The molecule has 1 aliphatic carbocycles. The van der Waals surface area contributed by atoms with Gasteiger partial charge in [0.05, 0.1) is 6.04 Å². The molecule has 0 aliphatic heterocycles. The Kier molecular flexibility index (Phi) is 4.74. The second-order valence-electron chi connectivity index (χ2n) is 5.18. The van der Waals surface area contributed by atoms with Crippen molar-refractivity contribution in [2.24, 2.45) is 5.73 Å². The van der Waals surface area contributed by atoms with E-state index >= 15 is 0 Å². The van der Waals surface area contributed by atoms with Crippen molar-refractivity contribution in [3.63, 3.8) is 0 Å². The van der Waals surface area contributed by atoms with E-state index < -0.39 is 12.0 Å². The third-order valence-electron chi connectivity index (χ3n) is 3.66. The van der Waals surface area contributed by atoms with E-state index in [0.29, 0.717) is 0 Å². The van der Waals surface area contributed by atoms with Crippen LogP contribution in [0.3, 0.4) is 0 Å². The molecule has 5 heteroatoms. The van der Waals surface area contributed by atoms with Crippen molar-refractivity contribution < 1.29 is 14.7 Å². The summed E-state index contributed by atoms with van der Waals surface area (Å²) in [4.78, 5) is 22.5. The fourth-order valence-electron chi connectivity index (χ4n) is 2.53. The van der Waals surface area contributed by atoms with E-state index in [0.717, 1.165) is 24.9 Å². The number of aryl methyl sites for hydroxylation is 1. The molecular formula is C15H20N2O3. The smallest absolute Gasteiger partial charge is 0.303 e. The van der Waals surface area contributed by atoms with E-state index in [1.165, 1.54) is 17.5 Å². The van der Waals surface area contributed by atoms with Crippen LogP contribution in [0.5, 0.6) is 0 Å². The molecule has 20 heavy (non-hydrogen) atoms. The van der Waals surface area contributed by atoms with Crippen LogP contribution < -0.4 is 11.1 Å². The molecule has 1 atom stereocenters. The predicted molar refractivity (Wildman–Crippen MR) is 76.6 cm³/mol. The summed E-state index contributed by atoms with van der Waals surface area (Å²) >= 11 is 0. The number of aliphatic carboxylic acids is 1. The van der Waals surface area contributed by atoms with E-state index in [1.807, 2.05) is 12.1 Å². The van der Waals surface area contributed by atoms with Gasteiger partial charge in [0, 0.05) is 12.1 Å². The molecule has 1 aromatic carbocycles. The number of carbonyl (C=O) groups excluding carboxylic acids is 1. The fraction of sp³-hybridized carbons (Fsp3) is 0.467. The molecule has 0 radical (unpaired) electrons. The third kappa shape index (κ3) is 3.57. The van der Waals surface area contributed by atoms with Gasteiger partial charge in [-0.2, -0.15) is 0 Å². The highest BCUT2D eigenvalue weighted by Gasteiger charge is 2.18. The van der Waals surface area contributed by atoms with E-state index in [-0.39, 0.29) is 18.7 Å². The zero-order valence-electron chi connectivity index (χ0n) is 11.4. The van der Waals surface area contributed by atoms with E-state index in [9.17, 15) is 9.59 Å². The lowest BCUT2D eigenvalue weighted by Gasteiger charge is -2.20. The minimum absolute atomic E-state index is 0.0958. The first-order valence-corrected chi connectivity index (χ1v) is 6.97. The van der Waals surface area contributed by atoms with Crippen LogP contribution in [-0.2, 0) is 22.4 Å². The summed E-state index contributed by atoms with van der Waals surface area (Å²) in [6, 6.07) is 5.12. The number of carboxylic acids is 1. The molecule has 0 saturated carbocycles. The van der Waals surface area contributed by atoms with Gasteiger partial charge in [-0.15, -0.1) is 0 Å². The molecule has 0 saturated heterocycles. The zero-order chi connectivity index (χ0) is 14.5. The van der Waals surface area contributed by atoms with Crippen molar-refractivity contribution in [1.29, 1.82) is 0 Å². The summed E-state index contributed by atoms with van der Waals surface area (Å²) in [7, 11) is 0. The predicted octanol–water partition coefficient (Wildman–Crippen LogP) is 1.70. The van der Waals surface area contributed by atoms with Gasteiger partial charge in [0.1, 0.15) is 0 Å². The zero-order valence-corrected chi connectivity index (χ0v) is 11.4. The summed E-state index contributed by atoms with van der Waals surface area (Å²) in [5.74, 6) is -1.25. The lowest BCUT2D eigenvalue weighted by atomic mass is 9.90. The van der Waals surface area contributed by atoms with E-state index in [4.69, 9.17) is 10.8 Å². The highest BCUT2D eigenvalue weighted by atomic mass is 16.4. The van der Waals surface area contributed by atoms with Crippen molar-refractivity contribution in [3.8, 4) is 0 Å². The Bertz CT molecular complexity index is 514. The molecule has 0 fully saturated rings. The first-order chi connectivity index (χ1) is 9.58. The van der Waals surface area contributed by atoms with Crippen LogP contribution in [0.1, 0.15) is 36.8 Å². The molecule has 2 rings (SSSR count). The summed E-state index contributed by atoms with van der Waals surface area (Å²) in [5, 5.41) is 11.4. The van der Waals surface area contributed by atoms with Gasteiger partial charge in [-0.1, -0.05) is 12.1 Å². The molecule has 0 spiro atoms. The first kappa shape index (κ1) is 14.5. The number of amides is 1. The Hall–Kier alpha value is -1.88. The van der Waals surface area contributed by atoms with Crippen LogP contribution in [0.25, 0.3) is 0 Å². The van der Waals surface area contributed by atoms with Crippen molar-refractivity contribution in [2.45, 2.75) is 44.6 Å². The lowest BCUT2D eigenvalue weighted by molar-refractivity contribution is -0.137. The van der Waals surface area contributed by atoms with Gasteiger partial charge in [0.2, 0.25) is 5.91 Å². The number of benzene rings is 1. The van der Waals surface area contributed by atoms with Crippen LogP contribution in [0.4, 0.5) is 5.69 Å². The molecule has 1 unspecified atom stereocenters. The normalized spacial score (nSPS) is 15.2. The number of hydrogen-bond acceptors (Lipinski definition) is 3. The van der Waals surface area contributed by atoms with Crippen molar-refractivity contribution in [3.05, 3.63) is 29.3 Å². The number of carboxylic acid groups (broad SMARTS) is 1. The Morgan fingerprint density at radius 3 is 2.80 bits per heavy atom. The Balaban J connectivity index is 2.02. The summed E-state index contributed by atoms with van der Waals surface area (Å²) in [5.41, 5.74) is 9.01. The molecule has 0 bridgehead atoms. The molecule has 4 N–H and O–H groups in total. The highest BCUT2D eigenvalue weighted by molar-refractivity contribution is 5.95. The number of rotatable bonds is 5. The molecule has 1 amide bonds. The minimum atomic E-state index is -0.939. The Morgan fingerprint density at radius 2 is 2.05 bits per heavy atom. The van der Waals surface area contributed by atoms with Crippen molar-refractivity contribution >= 4 is 17.6 Å². The number of carbonyl (C=O) groups is 2. The third-order valence-corrected chi connectivity index (χ3v) is 3.66. The molecule has 108 valence electrons. The van der Waals surface area contributed by atoms with Crippen molar-refractivity contribution in [2.75, 3.05) is 5.32 Å². The lowest BCUT2D eigenvalue weighted by Crippen LogP contribution is -2.36. The topological polar surface area (TPSA) is 92.4 Å². The molecule has 0 heterocycles. The van der Waals surface area contributed by atoms with Crippen LogP contribution in [0, 0.1) is 0 Å². The molecule has 1 aromatic rings. The monoisotopic (exact) mass is 276 g/mol. The largest absolute Gasteiger partial charge is 0.481 e. The molecule has 0 aromatic heterocycles. The fourth-order valence-corrected chi connectivity index (χ4v) is 2.53. The number of hydrogen-bond donors (Lipinski definition) is 3. The van der Waals surface area contributed by atoms with E-state index in [1.54, 1.807) is 0 Å². The van der Waals surface area contributed by atoms with Crippen LogP contribution >= 0.6 is 0 Å². The number of anilines is 1. The molecule has 5 nitrogen and oxygen atoms in total. The van der Waals surface area contributed by atoms with Crippen LogP contribution in [-0.4, -0.2) is 23.0 Å². The SMILES string of the molecule is NC(CCC(=O)O)C(=O)Nc1cccc2c1CCCC2. The number of fused-ring (bicyclic) bond motifs is 1. The average Bonchev–Trinajstić information content (AvgIpc) is 2.45. The second-order valence-corrected chi connectivity index (χ2v) is 5.18. The van der Waals surface area contributed by atoms with Gasteiger partial charge in [-0.3, -0.25) is 9.59 Å². The van der Waals surface area contributed by atoms with Gasteiger partial charge in [0.15, 0.2) is 0 Å². The molecule has 1 aliphatic rings. The van der Waals surface area contributed by atoms with Gasteiger partial charge in [-0.05, 0) is 49.3 Å².